The monoisotopic (exact) mass is 190 g/mol. The molecule has 1 aromatic heterocycles. The van der Waals surface area contributed by atoms with Gasteiger partial charge in [0.1, 0.15) is 0 Å². The van der Waals surface area contributed by atoms with Gasteiger partial charge in [-0.2, -0.15) is 0 Å². The minimum atomic E-state index is 0.536. The van der Waals surface area contributed by atoms with Gasteiger partial charge in [-0.25, -0.2) is 0 Å². The van der Waals surface area contributed by atoms with Crippen molar-refractivity contribution in [3.05, 3.63) is 24.5 Å². The van der Waals surface area contributed by atoms with E-state index in [0.29, 0.717) is 11.5 Å². The Hall–Kier alpha value is -1.05. The summed E-state index contributed by atoms with van der Waals surface area (Å²) in [4.78, 5) is 4.09. The van der Waals surface area contributed by atoms with E-state index in [1.54, 1.807) is 6.20 Å². The molecule has 0 radical (unpaired) electrons. The van der Waals surface area contributed by atoms with Crippen LogP contribution in [0.15, 0.2) is 24.5 Å². The molecule has 0 saturated heterocycles. The minimum Gasteiger partial charge on any atom is -0.381 e. The number of hydrogen-bond donors (Lipinski definition) is 1. The van der Waals surface area contributed by atoms with Crippen molar-refractivity contribution < 1.29 is 0 Å². The van der Waals surface area contributed by atoms with E-state index in [9.17, 15) is 0 Å². The molecule has 1 fully saturated rings. The molecule has 1 aromatic rings. The maximum atomic E-state index is 4.09. The molecule has 0 aromatic carbocycles. The minimum absolute atomic E-state index is 0.536. The number of nitrogens with one attached hydrogen (secondary N) is 1. The lowest BCUT2D eigenvalue weighted by atomic mass is 10.1. The van der Waals surface area contributed by atoms with Gasteiger partial charge in [-0.1, -0.05) is 13.8 Å². The van der Waals surface area contributed by atoms with Crippen molar-refractivity contribution >= 4 is 5.69 Å². The van der Waals surface area contributed by atoms with Crippen LogP contribution in [-0.2, 0) is 0 Å². The van der Waals surface area contributed by atoms with Gasteiger partial charge in [0.25, 0.3) is 0 Å². The van der Waals surface area contributed by atoms with E-state index in [0.717, 1.165) is 11.6 Å². The molecular formula is C12H18N2. The lowest BCUT2D eigenvalue weighted by Gasteiger charge is -2.16. The molecule has 1 aliphatic rings. The van der Waals surface area contributed by atoms with Crippen LogP contribution >= 0.6 is 0 Å². The second kappa shape index (κ2) is 3.26. The normalized spacial score (nSPS) is 25.5. The first-order valence-corrected chi connectivity index (χ1v) is 5.26. The van der Waals surface area contributed by atoms with Crippen LogP contribution in [0.1, 0.15) is 27.2 Å². The molecule has 14 heavy (non-hydrogen) atoms. The number of anilines is 1. The predicted molar refractivity (Wildman–Crippen MR) is 59.2 cm³/mol. The molecule has 76 valence electrons. The quantitative estimate of drug-likeness (QED) is 0.792. The van der Waals surface area contributed by atoms with Gasteiger partial charge in [0.15, 0.2) is 0 Å². The van der Waals surface area contributed by atoms with E-state index in [4.69, 9.17) is 0 Å². The van der Waals surface area contributed by atoms with Crippen LogP contribution in [0.4, 0.5) is 5.69 Å². The van der Waals surface area contributed by atoms with Crippen molar-refractivity contribution in [2.75, 3.05) is 5.32 Å². The van der Waals surface area contributed by atoms with Crippen molar-refractivity contribution in [1.29, 1.82) is 0 Å². The summed E-state index contributed by atoms with van der Waals surface area (Å²) < 4.78 is 0. The van der Waals surface area contributed by atoms with Gasteiger partial charge >= 0.3 is 0 Å². The highest BCUT2D eigenvalue weighted by molar-refractivity contribution is 5.41. The molecule has 1 aliphatic carbocycles. The van der Waals surface area contributed by atoms with Gasteiger partial charge in [-0.3, -0.25) is 4.98 Å². The SMILES string of the molecule is CC(Nc1cccnc1)C1CC1(C)C. The molecule has 1 saturated carbocycles. The van der Waals surface area contributed by atoms with Gasteiger partial charge in [-0.05, 0) is 36.8 Å². The topological polar surface area (TPSA) is 24.9 Å². The van der Waals surface area contributed by atoms with Crippen LogP contribution in [0.3, 0.4) is 0 Å². The number of hydrogen-bond acceptors (Lipinski definition) is 2. The molecule has 0 aliphatic heterocycles. The van der Waals surface area contributed by atoms with Crippen LogP contribution in [0.5, 0.6) is 0 Å². The van der Waals surface area contributed by atoms with Gasteiger partial charge in [0.05, 0.1) is 5.69 Å². The second-order valence-electron chi connectivity index (χ2n) is 4.97. The number of pyridine rings is 1. The number of aromatic nitrogens is 1. The van der Waals surface area contributed by atoms with Gasteiger partial charge < -0.3 is 5.32 Å². The summed E-state index contributed by atoms with van der Waals surface area (Å²) in [6, 6.07) is 4.58. The third-order valence-electron chi connectivity index (χ3n) is 3.25. The zero-order valence-corrected chi connectivity index (χ0v) is 9.12. The molecule has 2 unspecified atom stereocenters. The Morgan fingerprint density at radius 3 is 2.79 bits per heavy atom. The molecule has 2 rings (SSSR count). The van der Waals surface area contributed by atoms with Crippen LogP contribution in [-0.4, -0.2) is 11.0 Å². The van der Waals surface area contributed by atoms with E-state index < -0.39 is 0 Å². The Kier molecular flexibility index (Phi) is 2.22. The Labute approximate surface area is 85.7 Å². The Balaban J connectivity index is 1.93. The lowest BCUT2D eigenvalue weighted by Crippen LogP contribution is -2.20. The van der Waals surface area contributed by atoms with E-state index in [-0.39, 0.29) is 0 Å². The van der Waals surface area contributed by atoms with Crippen LogP contribution in [0.2, 0.25) is 0 Å². The molecule has 0 amide bonds. The van der Waals surface area contributed by atoms with Crippen LogP contribution in [0, 0.1) is 11.3 Å². The maximum Gasteiger partial charge on any atom is 0.0528 e. The molecule has 0 bridgehead atoms. The van der Waals surface area contributed by atoms with Gasteiger partial charge in [0.2, 0.25) is 0 Å². The van der Waals surface area contributed by atoms with Crippen LogP contribution in [0.25, 0.3) is 0 Å². The highest BCUT2D eigenvalue weighted by Crippen LogP contribution is 2.53. The zero-order chi connectivity index (χ0) is 10.2. The fourth-order valence-corrected chi connectivity index (χ4v) is 2.17. The summed E-state index contributed by atoms with van der Waals surface area (Å²) in [5, 5.41) is 3.50. The smallest absolute Gasteiger partial charge is 0.0528 e. The average molecular weight is 190 g/mol. The average Bonchev–Trinajstić information content (AvgIpc) is 2.77. The highest BCUT2D eigenvalue weighted by Gasteiger charge is 2.48. The third kappa shape index (κ3) is 1.89. The van der Waals surface area contributed by atoms with E-state index >= 15 is 0 Å². The Morgan fingerprint density at radius 2 is 2.29 bits per heavy atom. The largest absolute Gasteiger partial charge is 0.381 e. The van der Waals surface area contributed by atoms with Gasteiger partial charge in [0, 0.05) is 18.4 Å². The molecular weight excluding hydrogens is 172 g/mol. The van der Waals surface area contributed by atoms with E-state index in [2.05, 4.69) is 37.1 Å². The highest BCUT2D eigenvalue weighted by atomic mass is 14.9. The Bertz CT molecular complexity index is 305. The Morgan fingerprint density at radius 1 is 1.57 bits per heavy atom. The molecule has 2 atom stereocenters. The molecule has 2 nitrogen and oxygen atoms in total. The fourth-order valence-electron chi connectivity index (χ4n) is 2.17. The maximum absolute atomic E-state index is 4.09. The first kappa shape index (κ1) is 9.50. The predicted octanol–water partition coefficient (Wildman–Crippen LogP) is 2.93. The summed E-state index contributed by atoms with van der Waals surface area (Å²) >= 11 is 0. The number of nitrogens with zero attached hydrogens (tertiary/aromatic N) is 1. The lowest BCUT2D eigenvalue weighted by molar-refractivity contribution is 0.519. The summed E-state index contributed by atoms with van der Waals surface area (Å²) in [5.41, 5.74) is 1.66. The van der Waals surface area contributed by atoms with Crippen molar-refractivity contribution in [2.45, 2.75) is 33.2 Å². The van der Waals surface area contributed by atoms with Crippen molar-refractivity contribution in [1.82, 2.24) is 4.98 Å². The second-order valence-corrected chi connectivity index (χ2v) is 4.97. The summed E-state index contributed by atoms with van der Waals surface area (Å²) in [6.07, 6.45) is 5.02. The first-order chi connectivity index (χ1) is 6.59. The van der Waals surface area contributed by atoms with E-state index in [1.165, 1.54) is 6.42 Å². The van der Waals surface area contributed by atoms with Crippen molar-refractivity contribution in [3.63, 3.8) is 0 Å². The number of rotatable bonds is 3. The molecule has 1 heterocycles. The van der Waals surface area contributed by atoms with Crippen LogP contribution < -0.4 is 5.32 Å². The summed E-state index contributed by atoms with van der Waals surface area (Å²) in [5.74, 6) is 0.808. The van der Waals surface area contributed by atoms with Crippen molar-refractivity contribution in [3.8, 4) is 0 Å². The van der Waals surface area contributed by atoms with Crippen molar-refractivity contribution in [2.24, 2.45) is 11.3 Å². The zero-order valence-electron chi connectivity index (χ0n) is 9.12. The fraction of sp³-hybridized carbons (Fsp3) is 0.583. The standard InChI is InChI=1S/C12H18N2/c1-9(11-7-12(11,2)3)14-10-5-4-6-13-8-10/h4-6,8-9,11,14H,7H2,1-3H3. The third-order valence-corrected chi connectivity index (χ3v) is 3.25. The summed E-state index contributed by atoms with van der Waals surface area (Å²) in [7, 11) is 0. The molecule has 1 N–H and O–H groups in total. The van der Waals surface area contributed by atoms with E-state index in [1.807, 2.05) is 12.3 Å². The molecule has 2 heteroatoms. The van der Waals surface area contributed by atoms with Gasteiger partial charge in [-0.15, -0.1) is 0 Å². The summed E-state index contributed by atoms with van der Waals surface area (Å²) in [6.45, 7) is 6.92. The first-order valence-electron chi connectivity index (χ1n) is 5.26. The molecule has 0 spiro atoms.